The lowest BCUT2D eigenvalue weighted by Gasteiger charge is -2.17. The van der Waals surface area contributed by atoms with Gasteiger partial charge in [-0.1, -0.05) is 29.3 Å². The van der Waals surface area contributed by atoms with Crippen molar-refractivity contribution in [1.29, 1.82) is 0 Å². The number of benzene rings is 2. The van der Waals surface area contributed by atoms with Crippen molar-refractivity contribution in [3.8, 4) is 11.5 Å². The monoisotopic (exact) mass is 392 g/mol. The van der Waals surface area contributed by atoms with Crippen molar-refractivity contribution < 1.29 is 19.1 Å². The van der Waals surface area contributed by atoms with Crippen molar-refractivity contribution in [1.82, 2.24) is 0 Å². The molecule has 1 N–H and O–H groups in total. The molecule has 0 aromatic heterocycles. The Balaban J connectivity index is 1.49. The van der Waals surface area contributed by atoms with Crippen LogP contribution in [0.1, 0.15) is 6.42 Å². The highest BCUT2D eigenvalue weighted by Crippen LogP contribution is 2.37. The van der Waals surface area contributed by atoms with Crippen molar-refractivity contribution in [3.63, 3.8) is 0 Å². The van der Waals surface area contributed by atoms with Gasteiger partial charge in [0, 0.05) is 24.7 Å². The smallest absolute Gasteiger partial charge is 0.231 e. The number of carbonyl (C=O) groups excluding carboxylic acids is 2. The van der Waals surface area contributed by atoms with Gasteiger partial charge in [-0.3, -0.25) is 9.59 Å². The summed E-state index contributed by atoms with van der Waals surface area (Å²) in [7, 11) is 0. The molecule has 0 radical (unpaired) electrons. The first-order chi connectivity index (χ1) is 12.5. The van der Waals surface area contributed by atoms with E-state index in [-0.39, 0.29) is 36.6 Å². The van der Waals surface area contributed by atoms with Gasteiger partial charge in [0.1, 0.15) is 0 Å². The first-order valence-electron chi connectivity index (χ1n) is 7.98. The minimum atomic E-state index is -0.483. The topological polar surface area (TPSA) is 67.9 Å². The van der Waals surface area contributed by atoms with Gasteiger partial charge in [0.05, 0.1) is 21.7 Å². The second kappa shape index (κ2) is 6.70. The molecule has 2 aromatic rings. The summed E-state index contributed by atoms with van der Waals surface area (Å²) < 4.78 is 10.6. The lowest BCUT2D eigenvalue weighted by molar-refractivity contribution is -0.122. The first kappa shape index (κ1) is 17.0. The summed E-state index contributed by atoms with van der Waals surface area (Å²) in [6, 6.07) is 10.3. The number of nitrogens with zero attached hydrogens (tertiary/aromatic N) is 1. The Bertz CT molecular complexity index is 903. The second-order valence-corrected chi connectivity index (χ2v) is 6.82. The zero-order valence-corrected chi connectivity index (χ0v) is 15.0. The molecule has 0 aliphatic carbocycles. The number of amides is 2. The maximum atomic E-state index is 12.6. The molecule has 1 saturated heterocycles. The lowest BCUT2D eigenvalue weighted by atomic mass is 10.1. The second-order valence-electron chi connectivity index (χ2n) is 6.03. The van der Waals surface area contributed by atoms with Crippen molar-refractivity contribution in [3.05, 3.63) is 46.4 Å². The molecule has 6 nitrogen and oxygen atoms in total. The molecule has 0 bridgehead atoms. The fourth-order valence-corrected chi connectivity index (χ4v) is 3.37. The third-order valence-corrected chi connectivity index (χ3v) is 5.19. The molecule has 1 atom stereocenters. The summed E-state index contributed by atoms with van der Waals surface area (Å²) in [4.78, 5) is 26.5. The van der Waals surface area contributed by atoms with Crippen LogP contribution >= 0.6 is 23.2 Å². The molecule has 134 valence electrons. The molecule has 2 aromatic carbocycles. The van der Waals surface area contributed by atoms with Crippen LogP contribution in [0.2, 0.25) is 10.0 Å². The van der Waals surface area contributed by atoms with E-state index in [0.29, 0.717) is 27.9 Å². The van der Waals surface area contributed by atoms with Crippen LogP contribution in [0.4, 0.5) is 11.4 Å². The molecule has 2 aliphatic heterocycles. The van der Waals surface area contributed by atoms with Gasteiger partial charge in [-0.05, 0) is 24.3 Å². The molecule has 1 fully saturated rings. The fourth-order valence-electron chi connectivity index (χ4n) is 3.02. The van der Waals surface area contributed by atoms with E-state index in [1.165, 1.54) is 0 Å². The highest BCUT2D eigenvalue weighted by Gasteiger charge is 2.36. The maximum absolute atomic E-state index is 12.6. The van der Waals surface area contributed by atoms with E-state index in [1.54, 1.807) is 41.3 Å². The first-order valence-corrected chi connectivity index (χ1v) is 8.73. The Labute approximate surface area is 159 Å². The summed E-state index contributed by atoms with van der Waals surface area (Å²) in [5, 5.41) is 3.38. The molecule has 26 heavy (non-hydrogen) atoms. The molecule has 1 unspecified atom stereocenters. The van der Waals surface area contributed by atoms with Crippen LogP contribution in [-0.4, -0.2) is 25.2 Å². The van der Waals surface area contributed by atoms with Crippen LogP contribution in [-0.2, 0) is 9.59 Å². The number of rotatable bonds is 3. The van der Waals surface area contributed by atoms with Crippen LogP contribution in [0.25, 0.3) is 0 Å². The van der Waals surface area contributed by atoms with Gasteiger partial charge in [0.25, 0.3) is 0 Å². The number of anilines is 2. The maximum Gasteiger partial charge on any atom is 0.231 e. The van der Waals surface area contributed by atoms with Gasteiger partial charge < -0.3 is 19.7 Å². The van der Waals surface area contributed by atoms with Crippen LogP contribution in [0, 0.1) is 5.92 Å². The predicted molar refractivity (Wildman–Crippen MR) is 98.1 cm³/mol. The SMILES string of the molecule is O=C(Nc1cccc(Cl)c1Cl)C1CC(=O)N(c2ccc3c(c2)OCO3)C1. The van der Waals surface area contributed by atoms with E-state index in [4.69, 9.17) is 32.7 Å². The van der Waals surface area contributed by atoms with Crippen LogP contribution < -0.4 is 19.7 Å². The molecule has 8 heteroatoms. The lowest BCUT2D eigenvalue weighted by Crippen LogP contribution is -2.28. The van der Waals surface area contributed by atoms with Gasteiger partial charge in [-0.15, -0.1) is 0 Å². The van der Waals surface area contributed by atoms with Gasteiger partial charge in [0.2, 0.25) is 18.6 Å². The number of hydrogen-bond acceptors (Lipinski definition) is 4. The van der Waals surface area contributed by atoms with Gasteiger partial charge >= 0.3 is 0 Å². The standard InChI is InChI=1S/C18H14Cl2N2O4/c19-12-2-1-3-13(17(12)20)21-18(24)10-6-16(23)22(8-10)11-4-5-14-15(7-11)26-9-25-14/h1-5,7,10H,6,8-9H2,(H,21,24). The summed E-state index contributed by atoms with van der Waals surface area (Å²) >= 11 is 12.1. The quantitative estimate of drug-likeness (QED) is 0.864. The zero-order valence-electron chi connectivity index (χ0n) is 13.5. The van der Waals surface area contributed by atoms with Gasteiger partial charge in [-0.25, -0.2) is 0 Å². The molecule has 2 heterocycles. The Hall–Kier alpha value is -2.44. The molecule has 0 spiro atoms. The van der Waals surface area contributed by atoms with Crippen molar-refractivity contribution in [2.24, 2.45) is 5.92 Å². The molecular formula is C18H14Cl2N2O4. The average molecular weight is 393 g/mol. The Morgan fingerprint density at radius 1 is 1.15 bits per heavy atom. The fraction of sp³-hybridized carbons (Fsp3) is 0.222. The predicted octanol–water partition coefficient (Wildman–Crippen LogP) is 3.71. The van der Waals surface area contributed by atoms with Crippen molar-refractivity contribution >= 4 is 46.4 Å². The largest absolute Gasteiger partial charge is 0.454 e. The number of nitrogens with one attached hydrogen (secondary N) is 1. The van der Waals surface area contributed by atoms with Gasteiger partial charge in [0.15, 0.2) is 11.5 Å². The summed E-state index contributed by atoms with van der Waals surface area (Å²) in [6.45, 7) is 0.445. The normalized spacial score (nSPS) is 18.3. The van der Waals surface area contributed by atoms with E-state index >= 15 is 0 Å². The van der Waals surface area contributed by atoms with E-state index < -0.39 is 5.92 Å². The third kappa shape index (κ3) is 3.06. The highest BCUT2D eigenvalue weighted by atomic mass is 35.5. The molecule has 0 saturated carbocycles. The van der Waals surface area contributed by atoms with E-state index in [0.717, 1.165) is 0 Å². The van der Waals surface area contributed by atoms with E-state index in [9.17, 15) is 9.59 Å². The number of fused-ring (bicyclic) bond motifs is 1. The van der Waals surface area contributed by atoms with Crippen molar-refractivity contribution in [2.45, 2.75) is 6.42 Å². The average Bonchev–Trinajstić information content (AvgIpc) is 3.24. The molecular weight excluding hydrogens is 379 g/mol. The Morgan fingerprint density at radius 2 is 1.96 bits per heavy atom. The zero-order chi connectivity index (χ0) is 18.3. The van der Waals surface area contributed by atoms with Crippen molar-refractivity contribution in [2.75, 3.05) is 23.6 Å². The Morgan fingerprint density at radius 3 is 2.81 bits per heavy atom. The molecule has 4 rings (SSSR count). The number of ether oxygens (including phenoxy) is 2. The van der Waals surface area contributed by atoms with E-state index in [1.807, 2.05) is 0 Å². The van der Waals surface area contributed by atoms with Crippen LogP contribution in [0.3, 0.4) is 0 Å². The Kier molecular flexibility index (Phi) is 4.38. The number of carbonyl (C=O) groups is 2. The van der Waals surface area contributed by atoms with Gasteiger partial charge in [-0.2, -0.15) is 0 Å². The summed E-state index contributed by atoms with van der Waals surface area (Å²) in [6.07, 6.45) is 0.123. The third-order valence-electron chi connectivity index (χ3n) is 4.37. The van der Waals surface area contributed by atoms with E-state index in [2.05, 4.69) is 5.32 Å². The minimum absolute atomic E-state index is 0.123. The number of hydrogen-bond donors (Lipinski definition) is 1. The summed E-state index contributed by atoms with van der Waals surface area (Å²) in [5.41, 5.74) is 1.11. The van der Waals surface area contributed by atoms with Crippen LogP contribution in [0.15, 0.2) is 36.4 Å². The summed E-state index contributed by atoms with van der Waals surface area (Å²) in [5.74, 6) is 0.356. The number of halogens is 2. The highest BCUT2D eigenvalue weighted by molar-refractivity contribution is 6.44. The molecule has 2 aliphatic rings. The minimum Gasteiger partial charge on any atom is -0.454 e. The molecule has 2 amide bonds. The van der Waals surface area contributed by atoms with Crippen LogP contribution in [0.5, 0.6) is 11.5 Å².